The standard InChI is InChI=1S/C63H42/c1-63(2)57-29-15-28-45(60(57)61-50-22-9-7-19-47(50)48-20-8-14-27-55(48)62(61)63)39-30-34-41(35-31-39)58-51-23-10-12-25-53(51)59(54-26-13-11-24-52(54)58)42-36-32-40(33-37-42)56-38-43-16-3-4-17-44(43)46-18-5-6-21-49(46)56/h3-38H,1-2H3. The van der Waals surface area contributed by atoms with E-state index in [0.29, 0.717) is 0 Å². The van der Waals surface area contributed by atoms with E-state index < -0.39 is 0 Å². The maximum atomic E-state index is 2.41. The Morgan fingerprint density at radius 1 is 0.254 bits per heavy atom. The van der Waals surface area contributed by atoms with Crippen LogP contribution in [-0.2, 0) is 5.41 Å². The van der Waals surface area contributed by atoms with Gasteiger partial charge in [0, 0.05) is 5.41 Å². The van der Waals surface area contributed by atoms with Crippen LogP contribution in [0.3, 0.4) is 0 Å². The molecule has 1 aliphatic rings. The van der Waals surface area contributed by atoms with E-state index in [1.54, 1.807) is 0 Å². The Balaban J connectivity index is 0.951. The van der Waals surface area contributed by atoms with Gasteiger partial charge in [0.15, 0.2) is 0 Å². The molecule has 0 heterocycles. The smallest absolute Gasteiger partial charge is 0.0165 e. The molecule has 0 unspecified atom stereocenters. The highest BCUT2D eigenvalue weighted by Gasteiger charge is 2.39. The van der Waals surface area contributed by atoms with Gasteiger partial charge in [-0.05, 0) is 137 Å². The van der Waals surface area contributed by atoms with Crippen LogP contribution in [0.4, 0.5) is 0 Å². The summed E-state index contributed by atoms with van der Waals surface area (Å²) in [4.78, 5) is 0. The topological polar surface area (TPSA) is 0 Å². The van der Waals surface area contributed by atoms with Crippen molar-refractivity contribution in [3.8, 4) is 55.6 Å². The van der Waals surface area contributed by atoms with Gasteiger partial charge in [0.25, 0.3) is 0 Å². The molecule has 294 valence electrons. The second kappa shape index (κ2) is 13.6. The van der Waals surface area contributed by atoms with E-state index in [1.165, 1.54) is 131 Å². The molecule has 0 spiro atoms. The van der Waals surface area contributed by atoms with Crippen LogP contribution in [0.15, 0.2) is 218 Å². The summed E-state index contributed by atoms with van der Waals surface area (Å²) in [6.45, 7) is 4.82. The van der Waals surface area contributed by atoms with Crippen LogP contribution in [0.1, 0.15) is 25.0 Å². The molecular weight excluding hydrogens is 757 g/mol. The normalized spacial score (nSPS) is 13.0. The van der Waals surface area contributed by atoms with E-state index in [0.717, 1.165) is 0 Å². The highest BCUT2D eigenvalue weighted by molar-refractivity contribution is 6.22. The van der Waals surface area contributed by atoms with E-state index in [2.05, 4.69) is 232 Å². The summed E-state index contributed by atoms with van der Waals surface area (Å²) >= 11 is 0. The minimum Gasteiger partial charge on any atom is -0.0616 e. The lowest BCUT2D eigenvalue weighted by molar-refractivity contribution is 0.666. The molecular formula is C63H42. The zero-order valence-corrected chi connectivity index (χ0v) is 35.3. The molecule has 12 aromatic carbocycles. The van der Waals surface area contributed by atoms with Crippen molar-refractivity contribution in [2.24, 2.45) is 0 Å². The minimum atomic E-state index is -0.144. The van der Waals surface area contributed by atoms with Crippen molar-refractivity contribution in [2.45, 2.75) is 19.3 Å². The van der Waals surface area contributed by atoms with Crippen LogP contribution >= 0.6 is 0 Å². The minimum absolute atomic E-state index is 0.144. The number of hydrogen-bond donors (Lipinski definition) is 0. The summed E-state index contributed by atoms with van der Waals surface area (Å²) in [7, 11) is 0. The van der Waals surface area contributed by atoms with E-state index in [-0.39, 0.29) is 5.41 Å². The van der Waals surface area contributed by atoms with Crippen molar-refractivity contribution in [3.05, 3.63) is 230 Å². The highest BCUT2D eigenvalue weighted by Crippen LogP contribution is 2.57. The Hall–Kier alpha value is -7.80. The van der Waals surface area contributed by atoms with Gasteiger partial charge >= 0.3 is 0 Å². The van der Waals surface area contributed by atoms with Crippen LogP contribution < -0.4 is 0 Å². The molecule has 63 heavy (non-hydrogen) atoms. The van der Waals surface area contributed by atoms with E-state index in [1.807, 2.05) is 0 Å². The molecule has 12 aromatic rings. The fraction of sp³-hybridized carbons (Fsp3) is 0.0476. The monoisotopic (exact) mass is 798 g/mol. The molecule has 13 rings (SSSR count). The summed E-state index contributed by atoms with van der Waals surface area (Å²) in [6.07, 6.45) is 0. The Labute approximate surface area is 367 Å². The molecule has 0 heteroatoms. The van der Waals surface area contributed by atoms with Gasteiger partial charge in [-0.25, -0.2) is 0 Å². The van der Waals surface area contributed by atoms with Crippen molar-refractivity contribution < 1.29 is 0 Å². The van der Waals surface area contributed by atoms with Crippen molar-refractivity contribution in [3.63, 3.8) is 0 Å². The summed E-state index contributed by atoms with van der Waals surface area (Å²) in [5.41, 5.74) is 15.5. The van der Waals surface area contributed by atoms with Crippen molar-refractivity contribution in [2.75, 3.05) is 0 Å². The first-order valence-electron chi connectivity index (χ1n) is 22.2. The number of benzene rings is 12. The van der Waals surface area contributed by atoms with Gasteiger partial charge in [0.1, 0.15) is 0 Å². The Bertz CT molecular complexity index is 3790. The van der Waals surface area contributed by atoms with Crippen LogP contribution in [0.5, 0.6) is 0 Å². The number of fused-ring (bicyclic) bond motifs is 13. The summed E-state index contributed by atoms with van der Waals surface area (Å²) in [5.74, 6) is 0. The molecule has 0 amide bonds. The SMILES string of the molecule is CC1(C)c2cccc(-c3ccc(-c4c5ccccc5c(-c5ccc(-c6cc7ccccc7c7ccccc67)cc5)c5ccccc45)cc3)c2-c2c1c1ccccc1c1ccccc21. The maximum absolute atomic E-state index is 2.41. The Morgan fingerprint density at radius 3 is 1.17 bits per heavy atom. The second-order valence-electron chi connectivity index (χ2n) is 17.9. The molecule has 0 saturated carbocycles. The first-order valence-corrected chi connectivity index (χ1v) is 22.2. The molecule has 0 fully saturated rings. The van der Waals surface area contributed by atoms with Gasteiger partial charge in [-0.1, -0.05) is 226 Å². The molecule has 0 bridgehead atoms. The molecule has 1 aliphatic carbocycles. The van der Waals surface area contributed by atoms with Gasteiger partial charge < -0.3 is 0 Å². The largest absolute Gasteiger partial charge is 0.0616 e. The second-order valence-corrected chi connectivity index (χ2v) is 17.9. The summed E-state index contributed by atoms with van der Waals surface area (Å²) < 4.78 is 0. The molecule has 0 atom stereocenters. The quantitative estimate of drug-likeness (QED) is 0.123. The first kappa shape index (κ1) is 35.9. The average molecular weight is 799 g/mol. The summed E-state index contributed by atoms with van der Waals surface area (Å²) in [6, 6.07) is 81.5. The highest BCUT2D eigenvalue weighted by atomic mass is 14.4. The average Bonchev–Trinajstić information content (AvgIpc) is 3.60. The molecule has 0 N–H and O–H groups in total. The maximum Gasteiger partial charge on any atom is 0.0165 e. The fourth-order valence-corrected chi connectivity index (χ4v) is 11.4. The van der Waals surface area contributed by atoms with E-state index >= 15 is 0 Å². The molecule has 0 saturated heterocycles. The lowest BCUT2D eigenvalue weighted by Crippen LogP contribution is -2.15. The predicted octanol–water partition coefficient (Wildman–Crippen LogP) is 17.6. The van der Waals surface area contributed by atoms with Gasteiger partial charge in [-0.15, -0.1) is 0 Å². The third-order valence-corrected chi connectivity index (χ3v) is 14.2. The zero-order chi connectivity index (χ0) is 41.8. The van der Waals surface area contributed by atoms with Gasteiger partial charge in [-0.3, -0.25) is 0 Å². The fourth-order valence-electron chi connectivity index (χ4n) is 11.4. The summed E-state index contributed by atoms with van der Waals surface area (Å²) in [5, 5.41) is 15.5. The predicted molar refractivity (Wildman–Crippen MR) is 271 cm³/mol. The van der Waals surface area contributed by atoms with Gasteiger partial charge in [-0.2, -0.15) is 0 Å². The van der Waals surface area contributed by atoms with Crippen LogP contribution in [0.2, 0.25) is 0 Å². The van der Waals surface area contributed by atoms with Crippen LogP contribution in [0, 0.1) is 0 Å². The van der Waals surface area contributed by atoms with Crippen LogP contribution in [0.25, 0.3) is 120 Å². The molecule has 0 aromatic heterocycles. The molecule has 0 aliphatic heterocycles. The van der Waals surface area contributed by atoms with Gasteiger partial charge in [0.2, 0.25) is 0 Å². The van der Waals surface area contributed by atoms with Crippen molar-refractivity contribution >= 4 is 64.6 Å². The lowest BCUT2D eigenvalue weighted by atomic mass is 9.79. The number of hydrogen-bond acceptors (Lipinski definition) is 0. The first-order chi connectivity index (χ1) is 31.0. The molecule has 0 radical (unpaired) electrons. The van der Waals surface area contributed by atoms with Crippen molar-refractivity contribution in [1.82, 2.24) is 0 Å². The number of rotatable bonds is 4. The third-order valence-electron chi connectivity index (χ3n) is 14.2. The van der Waals surface area contributed by atoms with Crippen LogP contribution in [-0.4, -0.2) is 0 Å². The van der Waals surface area contributed by atoms with E-state index in [4.69, 9.17) is 0 Å². The third kappa shape index (κ3) is 5.22. The Kier molecular flexibility index (Phi) is 7.75. The molecule has 0 nitrogen and oxygen atoms in total. The Morgan fingerprint density at radius 2 is 0.635 bits per heavy atom. The van der Waals surface area contributed by atoms with Crippen molar-refractivity contribution in [1.29, 1.82) is 0 Å². The zero-order valence-electron chi connectivity index (χ0n) is 35.3. The van der Waals surface area contributed by atoms with E-state index in [9.17, 15) is 0 Å². The van der Waals surface area contributed by atoms with Gasteiger partial charge in [0.05, 0.1) is 0 Å². The lowest BCUT2D eigenvalue weighted by Gasteiger charge is -2.24.